The van der Waals surface area contributed by atoms with Crippen molar-refractivity contribution in [2.75, 3.05) is 13.2 Å². The van der Waals surface area contributed by atoms with E-state index in [0.29, 0.717) is 17.7 Å². The molecule has 1 saturated heterocycles. The molecular weight excluding hydrogens is 669 g/mol. The van der Waals surface area contributed by atoms with Gasteiger partial charge >= 0.3 is 0 Å². The first-order valence-electron chi connectivity index (χ1n) is 17.6. The number of likely N-dealkylation sites (tertiary alicyclic amines) is 1. The zero-order chi connectivity index (χ0) is 36.4. The van der Waals surface area contributed by atoms with Crippen LogP contribution in [0.1, 0.15) is 97.5 Å². The molecule has 274 valence electrons. The Morgan fingerprint density at radius 3 is 2.40 bits per heavy atom. The molecule has 4 atom stereocenters. The van der Waals surface area contributed by atoms with E-state index in [0.717, 1.165) is 44.9 Å². The highest BCUT2D eigenvalue weighted by Crippen LogP contribution is 2.41. The summed E-state index contributed by atoms with van der Waals surface area (Å²) in [5, 5.41) is 5.74. The number of carbonyl (C=O) groups excluding carboxylic acids is 5. The smallest absolute Gasteiger partial charge is 0.287 e. The number of hydroxylamine groups is 1. The number of nitrogens with one attached hydrogen (secondary N) is 3. The van der Waals surface area contributed by atoms with Crippen molar-refractivity contribution in [2.24, 2.45) is 23.0 Å². The second-order valence-electron chi connectivity index (χ2n) is 15.3. The molecule has 1 aromatic carbocycles. The molecular formula is C36H49ClFN5O7. The average Bonchev–Trinajstić information content (AvgIpc) is 3.65. The van der Waals surface area contributed by atoms with Gasteiger partial charge in [-0.05, 0) is 61.6 Å². The first-order valence-corrected chi connectivity index (χ1v) is 18.0. The quantitative estimate of drug-likeness (QED) is 0.223. The zero-order valence-corrected chi connectivity index (χ0v) is 30.0. The second kappa shape index (κ2) is 15.3. The van der Waals surface area contributed by atoms with E-state index in [1.165, 1.54) is 17.0 Å². The molecule has 2 saturated carbocycles. The number of halogens is 2. The number of amides is 4. The SMILES string of the molecule is CCOc1c(F)cc(C2=C[C@]3(C[C@@H](C(=O)N[C@@H](CC4CC4)C(=O)C(N)=O)N(C(=O)[C@@H](NC(=O)CC4CCCCC4)C(C)(C)C)C3)ON2)cc1Cl. The molecule has 14 heteroatoms. The summed E-state index contributed by atoms with van der Waals surface area (Å²) in [5.41, 5.74) is 6.88. The highest BCUT2D eigenvalue weighted by molar-refractivity contribution is 6.37. The highest BCUT2D eigenvalue weighted by atomic mass is 35.5. The van der Waals surface area contributed by atoms with Crippen molar-refractivity contribution in [3.63, 3.8) is 0 Å². The van der Waals surface area contributed by atoms with Gasteiger partial charge in [-0.25, -0.2) is 4.39 Å². The summed E-state index contributed by atoms with van der Waals surface area (Å²) in [6.45, 7) is 7.35. The Morgan fingerprint density at radius 1 is 1.10 bits per heavy atom. The Labute approximate surface area is 297 Å². The van der Waals surface area contributed by atoms with Gasteiger partial charge in [0.2, 0.25) is 23.5 Å². The van der Waals surface area contributed by atoms with Crippen LogP contribution < -0.4 is 26.6 Å². The van der Waals surface area contributed by atoms with Crippen LogP contribution in [0.5, 0.6) is 5.75 Å². The van der Waals surface area contributed by atoms with Gasteiger partial charge in [0, 0.05) is 18.4 Å². The first kappa shape index (κ1) is 37.5. The molecule has 4 aliphatic rings. The molecule has 5 rings (SSSR count). The standard InChI is InChI=1S/C36H49ClFN5O7/c1-5-49-30-23(37)15-22(16-24(30)38)26-17-36(50-42-26)18-27(33(47)40-25(13-21-11-12-21)29(45)32(39)46)43(19-36)34(48)31(35(2,3)4)41-28(44)14-20-9-7-6-8-10-20/h15-17,20-21,25,27,31,42H,5-14,18-19H2,1-4H3,(H2,39,46)(H,40,47)(H,41,44)/t25-,27-,31+,36+/m0/s1. The third-order valence-electron chi connectivity index (χ3n) is 10.1. The predicted molar refractivity (Wildman–Crippen MR) is 184 cm³/mol. The summed E-state index contributed by atoms with van der Waals surface area (Å²) in [5.74, 6) is -3.76. The summed E-state index contributed by atoms with van der Waals surface area (Å²) < 4.78 is 20.3. The molecule has 0 aromatic heterocycles. The van der Waals surface area contributed by atoms with Gasteiger partial charge in [-0.2, -0.15) is 0 Å². The minimum absolute atomic E-state index is 0.0396. The van der Waals surface area contributed by atoms with E-state index in [-0.39, 0.29) is 54.5 Å². The number of hydrogen-bond acceptors (Lipinski definition) is 8. The fraction of sp³-hybridized carbons (Fsp3) is 0.639. The van der Waals surface area contributed by atoms with Crippen molar-refractivity contribution in [3.8, 4) is 5.75 Å². The first-order chi connectivity index (χ1) is 23.6. The molecule has 3 fully saturated rings. The van der Waals surface area contributed by atoms with E-state index in [1.807, 2.05) is 20.8 Å². The van der Waals surface area contributed by atoms with Crippen molar-refractivity contribution in [3.05, 3.63) is 34.6 Å². The number of ether oxygens (including phenoxy) is 1. The molecule has 0 radical (unpaired) electrons. The van der Waals surface area contributed by atoms with E-state index in [2.05, 4.69) is 16.1 Å². The number of primary amides is 1. The lowest BCUT2D eigenvalue weighted by Gasteiger charge is -2.36. The molecule has 5 N–H and O–H groups in total. The lowest BCUT2D eigenvalue weighted by Crippen LogP contribution is -2.59. The van der Waals surface area contributed by atoms with Crippen molar-refractivity contribution in [1.29, 1.82) is 0 Å². The molecule has 2 aliphatic heterocycles. The number of nitrogens with zero attached hydrogens (tertiary/aromatic N) is 1. The minimum Gasteiger partial charge on any atom is -0.489 e. The Hall–Kier alpha value is -3.71. The van der Waals surface area contributed by atoms with Gasteiger partial charge in [-0.3, -0.25) is 34.3 Å². The van der Waals surface area contributed by atoms with Gasteiger partial charge in [-0.1, -0.05) is 64.5 Å². The number of benzene rings is 1. The molecule has 0 bridgehead atoms. The lowest BCUT2D eigenvalue weighted by molar-refractivity contribution is -0.145. The van der Waals surface area contributed by atoms with Gasteiger partial charge in [0.1, 0.15) is 17.7 Å². The molecule has 4 amide bonds. The third-order valence-corrected chi connectivity index (χ3v) is 10.3. The molecule has 0 unspecified atom stereocenters. The van der Waals surface area contributed by atoms with Crippen LogP contribution in [0.3, 0.4) is 0 Å². The predicted octanol–water partition coefficient (Wildman–Crippen LogP) is 3.93. The van der Waals surface area contributed by atoms with Crippen LogP contribution in [0, 0.1) is 23.1 Å². The maximum Gasteiger partial charge on any atom is 0.287 e. The maximum atomic E-state index is 14.9. The van der Waals surface area contributed by atoms with Crippen LogP contribution in [0.25, 0.3) is 5.70 Å². The van der Waals surface area contributed by atoms with E-state index < -0.39 is 58.5 Å². The van der Waals surface area contributed by atoms with Crippen molar-refractivity contribution < 1.29 is 37.9 Å². The largest absolute Gasteiger partial charge is 0.489 e. The average molecular weight is 718 g/mol. The molecule has 2 heterocycles. The van der Waals surface area contributed by atoms with E-state index in [1.54, 1.807) is 13.0 Å². The van der Waals surface area contributed by atoms with Crippen molar-refractivity contribution in [2.45, 2.75) is 116 Å². The summed E-state index contributed by atoms with van der Waals surface area (Å²) in [7, 11) is 0. The fourth-order valence-corrected chi connectivity index (χ4v) is 7.47. The third kappa shape index (κ3) is 8.77. The summed E-state index contributed by atoms with van der Waals surface area (Å²) >= 11 is 6.33. The number of hydrogen-bond donors (Lipinski definition) is 4. The minimum atomic E-state index is -1.25. The van der Waals surface area contributed by atoms with Crippen LogP contribution in [-0.4, -0.2) is 71.2 Å². The lowest BCUT2D eigenvalue weighted by atomic mass is 9.84. The van der Waals surface area contributed by atoms with Gasteiger partial charge in [0.05, 0.1) is 29.9 Å². The van der Waals surface area contributed by atoms with Crippen LogP contribution >= 0.6 is 11.6 Å². The second-order valence-corrected chi connectivity index (χ2v) is 15.7. The summed E-state index contributed by atoms with van der Waals surface area (Å²) in [6.07, 6.45) is 9.18. The van der Waals surface area contributed by atoms with Gasteiger partial charge in [-0.15, -0.1) is 0 Å². The number of nitrogens with two attached hydrogens (primary N) is 1. The number of ketones is 1. The molecule has 1 spiro atoms. The van der Waals surface area contributed by atoms with Gasteiger partial charge < -0.3 is 26.0 Å². The Balaban J connectivity index is 1.44. The van der Waals surface area contributed by atoms with Crippen LogP contribution in [0.2, 0.25) is 5.02 Å². The molecule has 12 nitrogen and oxygen atoms in total. The van der Waals surface area contributed by atoms with Crippen LogP contribution in [0.15, 0.2) is 18.2 Å². The van der Waals surface area contributed by atoms with E-state index >= 15 is 0 Å². The van der Waals surface area contributed by atoms with Crippen LogP contribution in [-0.2, 0) is 28.8 Å². The summed E-state index contributed by atoms with van der Waals surface area (Å²) in [6, 6.07) is -0.514. The maximum absolute atomic E-state index is 14.9. The highest BCUT2D eigenvalue weighted by Gasteiger charge is 2.54. The molecule has 2 aliphatic carbocycles. The zero-order valence-electron chi connectivity index (χ0n) is 29.2. The Bertz CT molecular complexity index is 1510. The van der Waals surface area contributed by atoms with Crippen LogP contribution in [0.4, 0.5) is 4.39 Å². The molecule has 50 heavy (non-hydrogen) atoms. The number of Topliss-reactive ketones (excluding diaryl/α,β-unsaturated/α-hetero) is 1. The van der Waals surface area contributed by atoms with Crippen molar-refractivity contribution in [1.82, 2.24) is 21.0 Å². The molecule has 1 aromatic rings. The number of carbonyl (C=O) groups is 5. The van der Waals surface area contributed by atoms with E-state index in [9.17, 15) is 28.4 Å². The topological polar surface area (TPSA) is 169 Å². The fourth-order valence-electron chi connectivity index (χ4n) is 7.21. The Morgan fingerprint density at radius 2 is 1.80 bits per heavy atom. The summed E-state index contributed by atoms with van der Waals surface area (Å²) in [4.78, 5) is 74.0. The van der Waals surface area contributed by atoms with Gasteiger partial charge in [0.25, 0.3) is 5.91 Å². The normalized spacial score (nSPS) is 23.5. The number of rotatable bonds is 13. The van der Waals surface area contributed by atoms with Crippen molar-refractivity contribution >= 4 is 46.7 Å². The monoisotopic (exact) mass is 717 g/mol. The van der Waals surface area contributed by atoms with E-state index in [4.69, 9.17) is 26.9 Å². The Kier molecular flexibility index (Phi) is 11.5. The van der Waals surface area contributed by atoms with Gasteiger partial charge in [0.15, 0.2) is 11.6 Å².